The van der Waals surface area contributed by atoms with Gasteiger partial charge < -0.3 is 15.8 Å². The summed E-state index contributed by atoms with van der Waals surface area (Å²) in [5.41, 5.74) is 6.25. The topological polar surface area (TPSA) is 77.2 Å². The van der Waals surface area contributed by atoms with E-state index in [1.54, 1.807) is 12.4 Å². The van der Waals surface area contributed by atoms with E-state index in [1.807, 2.05) is 24.3 Å². The van der Waals surface area contributed by atoms with Crippen LogP contribution in [0.2, 0.25) is 0 Å². The van der Waals surface area contributed by atoms with Crippen molar-refractivity contribution in [2.75, 3.05) is 26.3 Å². The Morgan fingerprint density at radius 2 is 2.39 bits per heavy atom. The fraction of sp³-hybridized carbons (Fsp3) is 0.385. The van der Waals surface area contributed by atoms with Gasteiger partial charge in [-0.25, -0.2) is 0 Å². The molecule has 0 aliphatic rings. The number of nitrogens with one attached hydrogen (secondary N) is 1. The maximum absolute atomic E-state index is 11.4. The summed E-state index contributed by atoms with van der Waals surface area (Å²) in [5.74, 6) is -0.0218. The summed E-state index contributed by atoms with van der Waals surface area (Å²) in [5, 5.41) is 2.76. The van der Waals surface area contributed by atoms with E-state index in [2.05, 4.69) is 10.3 Å². The Labute approximate surface area is 107 Å². The third kappa shape index (κ3) is 6.78. The first-order valence-corrected chi connectivity index (χ1v) is 5.94. The molecule has 3 N–H and O–H groups in total. The highest BCUT2D eigenvalue weighted by Gasteiger charge is 1.96. The van der Waals surface area contributed by atoms with Crippen LogP contribution in [-0.2, 0) is 9.53 Å². The molecule has 98 valence electrons. The Kier molecular flexibility index (Phi) is 7.43. The van der Waals surface area contributed by atoms with Crippen LogP contribution in [0.4, 0.5) is 0 Å². The van der Waals surface area contributed by atoms with E-state index in [-0.39, 0.29) is 5.91 Å². The van der Waals surface area contributed by atoms with E-state index in [4.69, 9.17) is 10.5 Å². The van der Waals surface area contributed by atoms with Gasteiger partial charge in [-0.15, -0.1) is 0 Å². The van der Waals surface area contributed by atoms with Gasteiger partial charge in [0, 0.05) is 31.9 Å². The number of carbonyl (C=O) groups excluding carboxylic acids is 1. The molecule has 1 aromatic heterocycles. The number of aromatic nitrogens is 1. The van der Waals surface area contributed by atoms with E-state index >= 15 is 0 Å². The summed E-state index contributed by atoms with van der Waals surface area (Å²) in [6.07, 6.45) is 7.50. The highest BCUT2D eigenvalue weighted by atomic mass is 16.5. The van der Waals surface area contributed by atoms with Crippen molar-refractivity contribution in [3.05, 3.63) is 36.2 Å². The number of rotatable bonds is 8. The molecule has 0 unspecified atom stereocenters. The number of pyridine rings is 1. The molecular weight excluding hydrogens is 230 g/mol. The first kappa shape index (κ1) is 14.3. The monoisotopic (exact) mass is 249 g/mol. The lowest BCUT2D eigenvalue weighted by atomic mass is 10.2. The molecule has 0 atom stereocenters. The third-order valence-corrected chi connectivity index (χ3v) is 2.13. The Balaban J connectivity index is 2.11. The van der Waals surface area contributed by atoms with Crippen molar-refractivity contribution < 1.29 is 9.53 Å². The average Bonchev–Trinajstić information content (AvgIpc) is 2.40. The highest BCUT2D eigenvalue weighted by molar-refractivity contribution is 5.78. The summed E-state index contributed by atoms with van der Waals surface area (Å²) >= 11 is 0. The van der Waals surface area contributed by atoms with Gasteiger partial charge in [-0.2, -0.15) is 0 Å². The lowest BCUT2D eigenvalue weighted by Crippen LogP contribution is -2.27. The molecule has 0 aliphatic heterocycles. The predicted octanol–water partition coefficient (Wildman–Crippen LogP) is 0.576. The summed E-state index contributed by atoms with van der Waals surface area (Å²) in [6, 6.07) is 3.79. The van der Waals surface area contributed by atoms with Crippen molar-refractivity contribution >= 4 is 12.0 Å². The quantitative estimate of drug-likeness (QED) is 0.661. The number of hydrogen-bond donors (Lipinski definition) is 2. The van der Waals surface area contributed by atoms with Gasteiger partial charge >= 0.3 is 0 Å². The van der Waals surface area contributed by atoms with E-state index < -0.39 is 0 Å². The van der Waals surface area contributed by atoms with Gasteiger partial charge in [-0.1, -0.05) is 18.2 Å². The van der Waals surface area contributed by atoms with Crippen LogP contribution in [0.25, 0.3) is 6.08 Å². The van der Waals surface area contributed by atoms with Crippen LogP contribution < -0.4 is 11.1 Å². The molecule has 1 rings (SSSR count). The molecule has 0 fully saturated rings. The smallest absolute Gasteiger partial charge is 0.223 e. The van der Waals surface area contributed by atoms with Crippen molar-refractivity contribution in [2.45, 2.75) is 6.42 Å². The van der Waals surface area contributed by atoms with Crippen molar-refractivity contribution in [3.8, 4) is 0 Å². The zero-order valence-electron chi connectivity index (χ0n) is 10.3. The van der Waals surface area contributed by atoms with Gasteiger partial charge in [0.2, 0.25) is 5.91 Å². The molecule has 0 spiro atoms. The van der Waals surface area contributed by atoms with Crippen molar-refractivity contribution in [1.82, 2.24) is 10.3 Å². The molecule has 1 heterocycles. The summed E-state index contributed by atoms with van der Waals surface area (Å²) in [4.78, 5) is 15.4. The average molecular weight is 249 g/mol. The summed E-state index contributed by atoms with van der Waals surface area (Å²) < 4.78 is 5.14. The molecule has 0 saturated carbocycles. The number of nitrogens with zero attached hydrogens (tertiary/aromatic N) is 1. The number of hydrogen-bond acceptors (Lipinski definition) is 4. The van der Waals surface area contributed by atoms with Gasteiger partial charge in [-0.3, -0.25) is 9.78 Å². The molecule has 1 amide bonds. The van der Waals surface area contributed by atoms with E-state index in [1.165, 1.54) is 0 Å². The van der Waals surface area contributed by atoms with Crippen LogP contribution in [0.5, 0.6) is 0 Å². The van der Waals surface area contributed by atoms with E-state index in [0.717, 1.165) is 5.56 Å². The molecule has 0 aliphatic carbocycles. The second-order valence-corrected chi connectivity index (χ2v) is 3.64. The van der Waals surface area contributed by atoms with Crippen LogP contribution in [0.15, 0.2) is 30.6 Å². The fourth-order valence-corrected chi connectivity index (χ4v) is 1.30. The minimum Gasteiger partial charge on any atom is -0.378 e. The number of carbonyl (C=O) groups is 1. The first-order valence-electron chi connectivity index (χ1n) is 5.94. The van der Waals surface area contributed by atoms with Gasteiger partial charge in [0.25, 0.3) is 0 Å². The summed E-state index contributed by atoms with van der Waals surface area (Å²) in [7, 11) is 0. The van der Waals surface area contributed by atoms with Crippen LogP contribution in [0, 0.1) is 0 Å². The molecule has 18 heavy (non-hydrogen) atoms. The van der Waals surface area contributed by atoms with E-state index in [9.17, 15) is 4.79 Å². The maximum Gasteiger partial charge on any atom is 0.223 e. The Morgan fingerprint density at radius 1 is 1.50 bits per heavy atom. The van der Waals surface area contributed by atoms with Crippen LogP contribution in [0.1, 0.15) is 12.0 Å². The standard InChI is InChI=1S/C13H19N3O2/c14-6-9-18-10-8-16-13(17)5-1-3-12-4-2-7-15-11-12/h1-4,7,11H,5-6,8-10,14H2,(H,16,17)/b3-1+. The number of ether oxygens (including phenoxy) is 1. The van der Waals surface area contributed by atoms with Crippen LogP contribution in [-0.4, -0.2) is 37.2 Å². The fourth-order valence-electron chi connectivity index (χ4n) is 1.30. The molecule has 1 aromatic rings. The second-order valence-electron chi connectivity index (χ2n) is 3.64. The largest absolute Gasteiger partial charge is 0.378 e. The van der Waals surface area contributed by atoms with Gasteiger partial charge in [-0.05, 0) is 11.6 Å². The third-order valence-electron chi connectivity index (χ3n) is 2.13. The van der Waals surface area contributed by atoms with E-state index in [0.29, 0.717) is 32.7 Å². The molecule has 0 radical (unpaired) electrons. The normalized spacial score (nSPS) is 10.7. The van der Waals surface area contributed by atoms with Crippen molar-refractivity contribution in [2.24, 2.45) is 5.73 Å². The lowest BCUT2D eigenvalue weighted by Gasteiger charge is -2.03. The zero-order chi connectivity index (χ0) is 13.1. The summed E-state index contributed by atoms with van der Waals surface area (Å²) in [6.45, 7) is 2.04. The molecule has 0 saturated heterocycles. The maximum atomic E-state index is 11.4. The molecule has 0 aromatic carbocycles. The zero-order valence-corrected chi connectivity index (χ0v) is 10.3. The number of amides is 1. The minimum atomic E-state index is -0.0218. The molecule has 5 nitrogen and oxygen atoms in total. The number of nitrogens with two attached hydrogens (primary N) is 1. The Bertz CT molecular complexity index is 366. The predicted molar refractivity (Wildman–Crippen MR) is 70.8 cm³/mol. The van der Waals surface area contributed by atoms with Crippen molar-refractivity contribution in [1.29, 1.82) is 0 Å². The molecule has 5 heteroatoms. The minimum absolute atomic E-state index is 0.0218. The van der Waals surface area contributed by atoms with Gasteiger partial charge in [0.1, 0.15) is 0 Å². The SMILES string of the molecule is NCCOCCNC(=O)C/C=C/c1cccnc1. The highest BCUT2D eigenvalue weighted by Crippen LogP contribution is 1.99. The van der Waals surface area contributed by atoms with Crippen molar-refractivity contribution in [3.63, 3.8) is 0 Å². The lowest BCUT2D eigenvalue weighted by molar-refractivity contribution is -0.120. The molecular formula is C13H19N3O2. The van der Waals surface area contributed by atoms with Crippen LogP contribution >= 0.6 is 0 Å². The van der Waals surface area contributed by atoms with Gasteiger partial charge in [0.05, 0.1) is 13.2 Å². The first-order chi connectivity index (χ1) is 8.83. The Morgan fingerprint density at radius 3 is 3.11 bits per heavy atom. The van der Waals surface area contributed by atoms with Crippen LogP contribution in [0.3, 0.4) is 0 Å². The van der Waals surface area contributed by atoms with Gasteiger partial charge in [0.15, 0.2) is 0 Å². The Hall–Kier alpha value is -1.72. The molecule has 0 bridgehead atoms. The second kappa shape index (κ2) is 9.32.